The van der Waals surface area contributed by atoms with Gasteiger partial charge in [-0.2, -0.15) is 0 Å². The molecule has 2 heterocycles. The zero-order valence-corrected chi connectivity index (χ0v) is 17.0. The molecule has 138 valence electrons. The molecule has 0 N–H and O–H groups in total. The number of benzene rings is 1. The molecule has 1 aromatic heterocycles. The van der Waals surface area contributed by atoms with E-state index in [9.17, 15) is 9.59 Å². The molecule has 0 aliphatic carbocycles. The van der Waals surface area contributed by atoms with E-state index in [1.165, 1.54) is 11.8 Å². The number of fused-ring (bicyclic) bond motifs is 1. The number of hydrogen-bond donors (Lipinski definition) is 0. The zero-order chi connectivity index (χ0) is 18.8. The monoisotopic (exact) mass is 390 g/mol. The Morgan fingerprint density at radius 3 is 2.69 bits per heavy atom. The van der Waals surface area contributed by atoms with Crippen LogP contribution in [0, 0.1) is 13.8 Å². The molecule has 1 atom stereocenters. The van der Waals surface area contributed by atoms with Gasteiger partial charge in [0.05, 0.1) is 28.6 Å². The summed E-state index contributed by atoms with van der Waals surface area (Å²) in [5.74, 6) is -0.172. The Morgan fingerprint density at radius 2 is 2.04 bits per heavy atom. The predicted molar refractivity (Wildman–Crippen MR) is 106 cm³/mol. The number of carbonyl (C=O) groups is 1. The van der Waals surface area contributed by atoms with Crippen LogP contribution < -0.4 is 5.56 Å². The SMILES string of the molecule is CCOC(=O)CSc1nc2c(c(=O)n1-c1cc(C)cc(C)c1)SC(C)C2. The van der Waals surface area contributed by atoms with E-state index < -0.39 is 0 Å². The van der Waals surface area contributed by atoms with Crippen molar-refractivity contribution in [1.29, 1.82) is 0 Å². The predicted octanol–water partition coefficient (Wildman–Crippen LogP) is 3.54. The molecule has 0 radical (unpaired) electrons. The normalized spacial score (nSPS) is 15.8. The van der Waals surface area contributed by atoms with Crippen molar-refractivity contribution in [3.63, 3.8) is 0 Å². The molecule has 1 aromatic carbocycles. The lowest BCUT2D eigenvalue weighted by Gasteiger charge is -2.14. The van der Waals surface area contributed by atoms with Crippen molar-refractivity contribution in [3.05, 3.63) is 45.4 Å². The minimum atomic E-state index is -0.304. The van der Waals surface area contributed by atoms with Gasteiger partial charge in [-0.3, -0.25) is 14.2 Å². The van der Waals surface area contributed by atoms with E-state index in [0.29, 0.717) is 17.0 Å². The average Bonchev–Trinajstić information content (AvgIpc) is 2.93. The van der Waals surface area contributed by atoms with Crippen molar-refractivity contribution in [2.24, 2.45) is 0 Å². The number of nitrogens with zero attached hydrogens (tertiary/aromatic N) is 2. The second-order valence-corrected chi connectivity index (χ2v) is 8.77. The summed E-state index contributed by atoms with van der Waals surface area (Å²) in [7, 11) is 0. The highest BCUT2D eigenvalue weighted by molar-refractivity contribution is 8.00. The Labute approximate surface area is 161 Å². The fourth-order valence-corrected chi connectivity index (χ4v) is 4.95. The van der Waals surface area contributed by atoms with Crippen LogP contribution >= 0.6 is 23.5 Å². The molecular formula is C19H22N2O3S2. The van der Waals surface area contributed by atoms with Crippen LogP contribution in [-0.2, 0) is 16.0 Å². The molecule has 2 aromatic rings. The molecule has 1 aliphatic heterocycles. The van der Waals surface area contributed by atoms with Gasteiger partial charge in [-0.25, -0.2) is 4.98 Å². The Morgan fingerprint density at radius 1 is 1.35 bits per heavy atom. The summed E-state index contributed by atoms with van der Waals surface area (Å²) in [5, 5.41) is 0.879. The first-order valence-electron chi connectivity index (χ1n) is 8.58. The number of thioether (sulfide) groups is 2. The zero-order valence-electron chi connectivity index (χ0n) is 15.4. The van der Waals surface area contributed by atoms with E-state index in [4.69, 9.17) is 9.72 Å². The fourth-order valence-electron chi connectivity index (χ4n) is 3.03. The summed E-state index contributed by atoms with van der Waals surface area (Å²) < 4.78 is 6.64. The number of aryl methyl sites for hydroxylation is 2. The second kappa shape index (κ2) is 7.88. The quantitative estimate of drug-likeness (QED) is 0.442. The van der Waals surface area contributed by atoms with Gasteiger partial charge < -0.3 is 4.74 Å². The van der Waals surface area contributed by atoms with Crippen LogP contribution in [0.1, 0.15) is 30.7 Å². The van der Waals surface area contributed by atoms with Crippen LogP contribution in [0.4, 0.5) is 0 Å². The molecule has 0 saturated heterocycles. The van der Waals surface area contributed by atoms with Crippen molar-refractivity contribution in [2.45, 2.75) is 49.4 Å². The van der Waals surface area contributed by atoms with E-state index >= 15 is 0 Å². The summed E-state index contributed by atoms with van der Waals surface area (Å²) in [6, 6.07) is 6.01. The molecule has 0 fully saturated rings. The largest absolute Gasteiger partial charge is 0.465 e. The molecule has 1 unspecified atom stereocenters. The van der Waals surface area contributed by atoms with Crippen molar-refractivity contribution < 1.29 is 9.53 Å². The summed E-state index contributed by atoms with van der Waals surface area (Å²) >= 11 is 2.83. The van der Waals surface area contributed by atoms with Gasteiger partial charge >= 0.3 is 5.97 Å². The van der Waals surface area contributed by atoms with Crippen LogP contribution in [0.5, 0.6) is 0 Å². The van der Waals surface area contributed by atoms with Gasteiger partial charge in [-0.05, 0) is 44.0 Å². The minimum absolute atomic E-state index is 0.0549. The van der Waals surface area contributed by atoms with Crippen LogP contribution in [-0.4, -0.2) is 33.1 Å². The molecule has 3 rings (SSSR count). The van der Waals surface area contributed by atoms with Crippen molar-refractivity contribution in [3.8, 4) is 5.69 Å². The Balaban J connectivity index is 2.09. The second-order valence-electron chi connectivity index (χ2n) is 6.38. The van der Waals surface area contributed by atoms with E-state index in [2.05, 4.69) is 13.0 Å². The smallest absolute Gasteiger partial charge is 0.316 e. The number of hydrogen-bond acceptors (Lipinski definition) is 6. The first-order chi connectivity index (χ1) is 12.4. The molecule has 0 saturated carbocycles. The molecule has 0 spiro atoms. The van der Waals surface area contributed by atoms with Gasteiger partial charge in [0.25, 0.3) is 5.56 Å². The summed E-state index contributed by atoms with van der Waals surface area (Å²) in [6.45, 7) is 8.23. The molecule has 0 amide bonds. The molecule has 1 aliphatic rings. The van der Waals surface area contributed by atoms with Crippen molar-refractivity contribution in [2.75, 3.05) is 12.4 Å². The van der Waals surface area contributed by atoms with E-state index in [0.717, 1.165) is 33.8 Å². The van der Waals surface area contributed by atoms with E-state index in [1.807, 2.05) is 26.0 Å². The average molecular weight is 391 g/mol. The number of ether oxygens (including phenoxy) is 1. The highest BCUT2D eigenvalue weighted by Crippen LogP contribution is 2.35. The molecule has 0 bridgehead atoms. The van der Waals surface area contributed by atoms with Crippen molar-refractivity contribution >= 4 is 29.5 Å². The lowest BCUT2D eigenvalue weighted by Crippen LogP contribution is -2.24. The van der Waals surface area contributed by atoms with Gasteiger partial charge in [-0.15, -0.1) is 11.8 Å². The van der Waals surface area contributed by atoms with E-state index in [-0.39, 0.29) is 17.3 Å². The molecule has 7 heteroatoms. The Hall–Kier alpha value is -1.73. The third-order valence-electron chi connectivity index (χ3n) is 3.97. The van der Waals surface area contributed by atoms with Gasteiger partial charge in [-0.1, -0.05) is 24.8 Å². The Kier molecular flexibility index (Phi) is 5.77. The van der Waals surface area contributed by atoms with Gasteiger partial charge in [0.1, 0.15) is 0 Å². The van der Waals surface area contributed by atoms with Crippen LogP contribution in [0.15, 0.2) is 33.0 Å². The van der Waals surface area contributed by atoms with Gasteiger partial charge in [0.2, 0.25) is 0 Å². The Bertz CT molecular complexity index is 888. The third-order valence-corrected chi connectivity index (χ3v) is 6.10. The maximum Gasteiger partial charge on any atom is 0.316 e. The maximum absolute atomic E-state index is 13.2. The number of aromatic nitrogens is 2. The molecule has 26 heavy (non-hydrogen) atoms. The number of rotatable bonds is 5. The van der Waals surface area contributed by atoms with Crippen LogP contribution in [0.3, 0.4) is 0 Å². The lowest BCUT2D eigenvalue weighted by molar-refractivity contribution is -0.139. The third kappa shape index (κ3) is 3.99. The van der Waals surface area contributed by atoms with E-state index in [1.54, 1.807) is 23.3 Å². The molecular weight excluding hydrogens is 368 g/mol. The fraction of sp³-hybridized carbons (Fsp3) is 0.421. The first-order valence-corrected chi connectivity index (χ1v) is 10.4. The van der Waals surface area contributed by atoms with Crippen molar-refractivity contribution in [1.82, 2.24) is 9.55 Å². The van der Waals surface area contributed by atoms with Crippen LogP contribution in [0.2, 0.25) is 0 Å². The van der Waals surface area contributed by atoms with Crippen LogP contribution in [0.25, 0.3) is 5.69 Å². The van der Waals surface area contributed by atoms with Gasteiger partial charge in [0.15, 0.2) is 5.16 Å². The minimum Gasteiger partial charge on any atom is -0.465 e. The standard InChI is InChI=1S/C19H22N2O3S2/c1-5-24-16(22)10-25-19-20-15-9-13(4)26-17(15)18(23)21(19)14-7-11(2)6-12(3)8-14/h6-8,13H,5,9-10H2,1-4H3. The summed E-state index contributed by atoms with van der Waals surface area (Å²) in [4.78, 5) is 30.4. The lowest BCUT2D eigenvalue weighted by atomic mass is 10.1. The molecule has 5 nitrogen and oxygen atoms in total. The first kappa shape index (κ1) is 19.0. The highest BCUT2D eigenvalue weighted by atomic mass is 32.2. The number of carbonyl (C=O) groups excluding carboxylic acids is 1. The highest BCUT2D eigenvalue weighted by Gasteiger charge is 2.27. The summed E-state index contributed by atoms with van der Waals surface area (Å²) in [6.07, 6.45) is 0.774. The van der Waals surface area contributed by atoms with Gasteiger partial charge in [0, 0.05) is 11.7 Å². The maximum atomic E-state index is 13.2. The summed E-state index contributed by atoms with van der Waals surface area (Å²) in [5.41, 5.74) is 3.72. The topological polar surface area (TPSA) is 61.2 Å². The number of esters is 1.